The van der Waals surface area contributed by atoms with Gasteiger partial charge in [-0.1, -0.05) is 11.3 Å². The molecule has 0 bridgehead atoms. The molecule has 3 heterocycles. The minimum atomic E-state index is -4.55. The van der Waals surface area contributed by atoms with Crippen LogP contribution < -0.4 is 14.2 Å². The van der Waals surface area contributed by atoms with Gasteiger partial charge in [0.1, 0.15) is 23.3 Å². The Hall–Kier alpha value is -3.65. The summed E-state index contributed by atoms with van der Waals surface area (Å²) in [7, 11) is -3.90. The van der Waals surface area contributed by atoms with Crippen molar-refractivity contribution in [2.24, 2.45) is 0 Å². The molecule has 6 rings (SSSR count). The number of sulfonamides is 1. The Balaban J connectivity index is 1.31. The van der Waals surface area contributed by atoms with E-state index in [-0.39, 0.29) is 34.0 Å². The van der Waals surface area contributed by atoms with Crippen LogP contribution in [0.5, 0.6) is 11.5 Å². The van der Waals surface area contributed by atoms with Gasteiger partial charge in [0, 0.05) is 35.5 Å². The maximum Gasteiger partial charge on any atom is 0.416 e. The maximum atomic E-state index is 13.5. The third kappa shape index (κ3) is 4.92. The molecular weight excluding hydrogens is 543 g/mol. The van der Waals surface area contributed by atoms with E-state index >= 15 is 0 Å². The van der Waals surface area contributed by atoms with E-state index < -0.39 is 27.9 Å². The Bertz CT molecular complexity index is 1580. The Morgan fingerprint density at radius 1 is 1.13 bits per heavy atom. The van der Waals surface area contributed by atoms with Gasteiger partial charge in [0.25, 0.3) is 10.0 Å². The number of rotatable bonds is 7. The number of nitrogens with zero attached hydrogens (tertiary/aromatic N) is 4. The molecule has 1 saturated carbocycles. The highest BCUT2D eigenvalue weighted by molar-refractivity contribution is 7.93. The second-order valence-corrected chi connectivity index (χ2v) is 11.5. The Morgan fingerprint density at radius 3 is 2.71 bits per heavy atom. The van der Waals surface area contributed by atoms with Crippen LogP contribution >= 0.6 is 11.3 Å². The fraction of sp³-hybridized carbons (Fsp3) is 0.292. The largest absolute Gasteiger partial charge is 0.493 e. The molecule has 0 amide bonds. The number of ether oxygens (including phenoxy) is 2. The number of fused-ring (bicyclic) bond motifs is 1. The summed E-state index contributed by atoms with van der Waals surface area (Å²) < 4.78 is 81.8. The van der Waals surface area contributed by atoms with Crippen molar-refractivity contribution >= 4 is 26.5 Å². The molecule has 1 aliphatic heterocycles. The van der Waals surface area contributed by atoms with Crippen molar-refractivity contribution in [1.82, 2.24) is 20.0 Å². The van der Waals surface area contributed by atoms with E-state index in [9.17, 15) is 21.6 Å². The summed E-state index contributed by atoms with van der Waals surface area (Å²) in [6, 6.07) is 7.61. The molecule has 9 nitrogen and oxygen atoms in total. The minimum Gasteiger partial charge on any atom is -0.493 e. The van der Waals surface area contributed by atoms with Crippen LogP contribution in [0.2, 0.25) is 0 Å². The summed E-state index contributed by atoms with van der Waals surface area (Å²) in [5.41, 5.74) is 0.579. The zero-order valence-corrected chi connectivity index (χ0v) is 21.2. The van der Waals surface area contributed by atoms with Crippen molar-refractivity contribution in [3.63, 3.8) is 0 Å². The quantitative estimate of drug-likeness (QED) is 0.324. The molecule has 14 heteroatoms. The van der Waals surface area contributed by atoms with Crippen molar-refractivity contribution in [2.75, 3.05) is 11.3 Å². The van der Waals surface area contributed by atoms with Crippen LogP contribution in [0, 0.1) is 0 Å². The summed E-state index contributed by atoms with van der Waals surface area (Å²) in [4.78, 5) is 3.92. The zero-order valence-electron chi connectivity index (χ0n) is 19.6. The first-order chi connectivity index (χ1) is 18.2. The lowest BCUT2D eigenvalue weighted by atomic mass is 10.0. The van der Waals surface area contributed by atoms with Crippen molar-refractivity contribution in [3.8, 4) is 17.2 Å². The third-order valence-electron chi connectivity index (χ3n) is 6.24. The molecule has 2 aliphatic rings. The van der Waals surface area contributed by atoms with Crippen LogP contribution in [0.4, 0.5) is 18.3 Å². The number of benzene rings is 2. The second kappa shape index (κ2) is 9.27. The van der Waals surface area contributed by atoms with Gasteiger partial charge in [-0.15, -0.1) is 16.4 Å². The number of anilines is 1. The Morgan fingerprint density at radius 2 is 1.97 bits per heavy atom. The predicted octanol–water partition coefficient (Wildman–Crippen LogP) is 5.32. The molecule has 38 heavy (non-hydrogen) atoms. The highest BCUT2D eigenvalue weighted by Crippen LogP contribution is 2.42. The lowest BCUT2D eigenvalue weighted by Gasteiger charge is -2.28. The lowest BCUT2D eigenvalue weighted by molar-refractivity contribution is -0.137. The van der Waals surface area contributed by atoms with Gasteiger partial charge in [-0.3, -0.25) is 4.72 Å². The fourth-order valence-corrected chi connectivity index (χ4v) is 5.96. The molecule has 1 N–H and O–H groups in total. The molecule has 4 aromatic rings. The smallest absolute Gasteiger partial charge is 0.416 e. The van der Waals surface area contributed by atoms with Crippen LogP contribution in [0.15, 0.2) is 59.1 Å². The first-order valence-corrected chi connectivity index (χ1v) is 14.0. The Kier molecular flexibility index (Phi) is 6.02. The average Bonchev–Trinajstić information content (AvgIpc) is 3.39. The molecule has 1 atom stereocenters. The van der Waals surface area contributed by atoms with Crippen LogP contribution in [-0.4, -0.2) is 35.0 Å². The molecule has 0 saturated heterocycles. The number of nitrogens with one attached hydrogen (secondary N) is 1. The number of hydrogen-bond acceptors (Lipinski definition) is 8. The standard InChI is InChI=1S/C24H20F3N5O4S2/c25-24(26,27)15-3-6-21(19(11-15)32-13-18(29-31-32)14-1-2-14)36-20-7-9-35-22-12-16(4-5-17(20)22)38(33,34)30-23-28-8-10-37-23/h3-6,8,10-14,20H,1-2,7,9H2,(H,28,30)/t20-/m1/s1. The van der Waals surface area contributed by atoms with E-state index in [2.05, 4.69) is 20.0 Å². The van der Waals surface area contributed by atoms with E-state index in [1.807, 2.05) is 0 Å². The number of hydrogen-bond donors (Lipinski definition) is 1. The zero-order chi connectivity index (χ0) is 26.5. The summed E-state index contributed by atoms with van der Waals surface area (Å²) >= 11 is 1.15. The number of alkyl halides is 3. The van der Waals surface area contributed by atoms with E-state index in [1.165, 1.54) is 29.1 Å². The second-order valence-electron chi connectivity index (χ2n) is 8.93. The molecule has 2 aromatic heterocycles. The van der Waals surface area contributed by atoms with E-state index in [4.69, 9.17) is 9.47 Å². The highest BCUT2D eigenvalue weighted by atomic mass is 32.2. The number of thiazole rings is 1. The SMILES string of the molecule is O=S(=O)(Nc1nccs1)c1ccc2c(c1)OCC[C@H]2Oc1ccc(C(F)(F)F)cc1-n1cc(C2CC2)nn1. The first-order valence-electron chi connectivity index (χ1n) is 11.7. The monoisotopic (exact) mass is 563 g/mol. The van der Waals surface area contributed by atoms with Crippen LogP contribution in [-0.2, 0) is 16.2 Å². The van der Waals surface area contributed by atoms with Crippen LogP contribution in [0.25, 0.3) is 5.69 Å². The summed E-state index contributed by atoms with van der Waals surface area (Å²) in [6.45, 7) is 0.228. The van der Waals surface area contributed by atoms with Crippen molar-refractivity contribution < 1.29 is 31.1 Å². The van der Waals surface area contributed by atoms with Crippen molar-refractivity contribution in [1.29, 1.82) is 0 Å². The predicted molar refractivity (Wildman–Crippen MR) is 131 cm³/mol. The average molecular weight is 564 g/mol. The Labute approximate surface area is 219 Å². The summed E-state index contributed by atoms with van der Waals surface area (Å²) in [5, 5.41) is 10.1. The van der Waals surface area contributed by atoms with E-state index in [0.717, 1.165) is 42.0 Å². The van der Waals surface area contributed by atoms with Gasteiger partial charge < -0.3 is 9.47 Å². The van der Waals surface area contributed by atoms with Gasteiger partial charge in [-0.25, -0.2) is 18.1 Å². The highest BCUT2D eigenvalue weighted by Gasteiger charge is 2.33. The minimum absolute atomic E-state index is 0.0162. The molecule has 0 radical (unpaired) electrons. The molecule has 1 fully saturated rings. The fourth-order valence-electron chi connectivity index (χ4n) is 4.16. The third-order valence-corrected chi connectivity index (χ3v) is 8.40. The van der Waals surface area contributed by atoms with Gasteiger partial charge in [0.2, 0.25) is 0 Å². The summed E-state index contributed by atoms with van der Waals surface area (Å²) in [5.74, 6) is 0.774. The van der Waals surface area contributed by atoms with Crippen molar-refractivity contribution in [3.05, 3.63) is 71.0 Å². The van der Waals surface area contributed by atoms with Gasteiger partial charge in [-0.05, 0) is 37.1 Å². The van der Waals surface area contributed by atoms with Gasteiger partial charge >= 0.3 is 6.18 Å². The normalized spacial score (nSPS) is 17.5. The molecule has 198 valence electrons. The first kappa shape index (κ1) is 24.7. The van der Waals surface area contributed by atoms with Crippen molar-refractivity contribution in [2.45, 2.75) is 42.4 Å². The van der Waals surface area contributed by atoms with Crippen LogP contribution in [0.3, 0.4) is 0 Å². The molecule has 0 spiro atoms. The van der Waals surface area contributed by atoms with Crippen LogP contribution in [0.1, 0.15) is 48.1 Å². The lowest BCUT2D eigenvalue weighted by Crippen LogP contribution is -2.20. The molecule has 0 unspecified atom stereocenters. The van der Waals surface area contributed by atoms with Gasteiger partial charge in [-0.2, -0.15) is 13.2 Å². The van der Waals surface area contributed by atoms with Gasteiger partial charge in [0.15, 0.2) is 5.13 Å². The van der Waals surface area contributed by atoms with Gasteiger partial charge in [0.05, 0.1) is 29.0 Å². The number of halogens is 3. The maximum absolute atomic E-state index is 13.5. The molecular formula is C24H20F3N5O4S2. The van der Waals surface area contributed by atoms with E-state index in [1.54, 1.807) is 17.6 Å². The molecule has 2 aromatic carbocycles. The molecule has 1 aliphatic carbocycles. The topological polar surface area (TPSA) is 108 Å². The number of aromatic nitrogens is 4. The van der Waals surface area contributed by atoms with E-state index in [0.29, 0.717) is 17.7 Å². The summed E-state index contributed by atoms with van der Waals surface area (Å²) in [6.07, 6.45) is 0.326.